The van der Waals surface area contributed by atoms with Crippen molar-refractivity contribution in [3.8, 4) is 11.5 Å². The first-order chi connectivity index (χ1) is 13.7. The molecule has 1 aromatic carbocycles. The third-order valence-corrected chi connectivity index (χ3v) is 6.33. The smallest absolute Gasteiger partial charge is 0.426 e. The van der Waals surface area contributed by atoms with Crippen molar-refractivity contribution in [1.29, 1.82) is 0 Å². The van der Waals surface area contributed by atoms with Crippen LogP contribution in [0.1, 0.15) is 64.7 Å². The highest BCUT2D eigenvalue weighted by Crippen LogP contribution is 2.38. The summed E-state index contributed by atoms with van der Waals surface area (Å²) in [5.74, 6) is -0.677. The molecule has 0 unspecified atom stereocenters. The van der Waals surface area contributed by atoms with Crippen molar-refractivity contribution < 1.29 is 31.8 Å². The van der Waals surface area contributed by atoms with E-state index < -0.39 is 23.9 Å². The summed E-state index contributed by atoms with van der Waals surface area (Å²) in [6.45, 7) is 2.32. The Morgan fingerprint density at radius 1 is 1.00 bits per heavy atom. The summed E-state index contributed by atoms with van der Waals surface area (Å²) in [4.78, 5) is 12.4. The van der Waals surface area contributed by atoms with Crippen LogP contribution in [0.5, 0.6) is 11.5 Å². The Balaban J connectivity index is 1.45. The molecule has 0 amide bonds. The van der Waals surface area contributed by atoms with Gasteiger partial charge in [0.25, 0.3) is 0 Å². The fourth-order valence-electron chi connectivity index (χ4n) is 4.62. The van der Waals surface area contributed by atoms with E-state index in [0.717, 1.165) is 55.7 Å². The van der Waals surface area contributed by atoms with Gasteiger partial charge in [-0.2, -0.15) is 0 Å². The van der Waals surface area contributed by atoms with Crippen molar-refractivity contribution in [3.05, 3.63) is 24.0 Å². The average Bonchev–Trinajstić information content (AvgIpc) is 2.65. The molecule has 2 fully saturated rings. The molecule has 0 radical (unpaired) electrons. The first-order valence-electron chi connectivity index (χ1n) is 10.5. The molecule has 2 aliphatic carbocycles. The Hall–Kier alpha value is -1.79. The third kappa shape index (κ3) is 6.61. The fraction of sp³-hybridized carbons (Fsp3) is 0.682. The number of carbonyl (C=O) groups is 1. The van der Waals surface area contributed by atoms with Crippen molar-refractivity contribution in [3.63, 3.8) is 0 Å². The van der Waals surface area contributed by atoms with Crippen molar-refractivity contribution in [2.75, 3.05) is 0 Å². The molecule has 0 bridgehead atoms. The predicted molar refractivity (Wildman–Crippen MR) is 99.9 cm³/mol. The minimum Gasteiger partial charge on any atom is -0.426 e. The zero-order valence-corrected chi connectivity index (χ0v) is 16.6. The van der Waals surface area contributed by atoms with E-state index in [9.17, 15) is 22.4 Å². The van der Waals surface area contributed by atoms with Gasteiger partial charge in [0.15, 0.2) is 11.6 Å². The maximum absolute atomic E-state index is 13.8. The van der Waals surface area contributed by atoms with Gasteiger partial charge in [-0.15, -0.1) is 13.2 Å². The van der Waals surface area contributed by atoms with Gasteiger partial charge in [-0.05, 0) is 62.0 Å². The summed E-state index contributed by atoms with van der Waals surface area (Å²) in [6, 6.07) is 2.67. The van der Waals surface area contributed by atoms with E-state index in [4.69, 9.17) is 4.74 Å². The van der Waals surface area contributed by atoms with Gasteiger partial charge in [-0.3, -0.25) is 4.79 Å². The lowest BCUT2D eigenvalue weighted by atomic mass is 9.73. The zero-order chi connectivity index (χ0) is 21.0. The zero-order valence-electron chi connectivity index (χ0n) is 16.6. The Morgan fingerprint density at radius 3 is 2.14 bits per heavy atom. The van der Waals surface area contributed by atoms with Crippen molar-refractivity contribution in [1.82, 2.24) is 0 Å². The maximum atomic E-state index is 13.8. The number of hydrogen-bond acceptors (Lipinski definition) is 3. The molecule has 0 aromatic heterocycles. The maximum Gasteiger partial charge on any atom is 0.573 e. The van der Waals surface area contributed by atoms with E-state index in [2.05, 4.69) is 11.7 Å². The second-order valence-electron chi connectivity index (χ2n) is 8.64. The van der Waals surface area contributed by atoms with E-state index in [-0.39, 0.29) is 11.7 Å². The van der Waals surface area contributed by atoms with Gasteiger partial charge < -0.3 is 9.47 Å². The van der Waals surface area contributed by atoms with E-state index in [1.165, 1.54) is 32.1 Å². The monoisotopic (exact) mass is 416 g/mol. The predicted octanol–water partition coefficient (Wildman–Crippen LogP) is 6.65. The van der Waals surface area contributed by atoms with Crippen molar-refractivity contribution in [2.45, 2.75) is 71.1 Å². The lowest BCUT2D eigenvalue weighted by Gasteiger charge is -2.32. The van der Waals surface area contributed by atoms with Crippen LogP contribution in [0.2, 0.25) is 0 Å². The first-order valence-corrected chi connectivity index (χ1v) is 10.5. The van der Waals surface area contributed by atoms with Crippen LogP contribution in [0.3, 0.4) is 0 Å². The number of carbonyl (C=O) groups excluding carboxylic acids is 1. The van der Waals surface area contributed by atoms with Crippen LogP contribution in [0.15, 0.2) is 18.2 Å². The Kier molecular flexibility index (Phi) is 7.06. The highest BCUT2D eigenvalue weighted by Gasteiger charge is 2.33. The fourth-order valence-corrected chi connectivity index (χ4v) is 4.62. The number of rotatable bonds is 5. The first kappa shape index (κ1) is 21.9. The normalized spacial score (nSPS) is 28.0. The van der Waals surface area contributed by atoms with Crippen molar-refractivity contribution in [2.24, 2.45) is 23.7 Å². The number of benzene rings is 1. The lowest BCUT2D eigenvalue weighted by molar-refractivity contribution is -0.275. The average molecular weight is 416 g/mol. The molecule has 0 saturated heterocycles. The SMILES string of the molecule is CC1CCC(CC2CCC(C(=O)Oc3ccc(OC(F)(F)F)c(F)c3)CC2)CC1. The number of hydrogen-bond donors (Lipinski definition) is 0. The second-order valence-corrected chi connectivity index (χ2v) is 8.64. The number of esters is 1. The second kappa shape index (κ2) is 9.35. The van der Waals surface area contributed by atoms with E-state index in [1.54, 1.807) is 0 Å². The molecule has 1 aromatic rings. The summed E-state index contributed by atoms with van der Waals surface area (Å²) in [5, 5.41) is 0. The highest BCUT2D eigenvalue weighted by molar-refractivity contribution is 5.75. The molecule has 162 valence electrons. The molecule has 3 rings (SSSR count). The summed E-state index contributed by atoms with van der Waals surface area (Å²) in [7, 11) is 0. The van der Waals surface area contributed by atoms with Gasteiger partial charge in [0.05, 0.1) is 5.92 Å². The van der Waals surface area contributed by atoms with E-state index in [1.807, 2.05) is 0 Å². The Labute approximate surface area is 168 Å². The Bertz CT molecular complexity index is 688. The molecule has 3 nitrogen and oxygen atoms in total. The van der Waals surface area contributed by atoms with Gasteiger partial charge in [0.1, 0.15) is 5.75 Å². The van der Waals surface area contributed by atoms with Crippen LogP contribution < -0.4 is 9.47 Å². The summed E-state index contributed by atoms with van der Waals surface area (Å²) in [6.07, 6.45) is 4.95. The molecule has 2 aliphatic rings. The topological polar surface area (TPSA) is 35.5 Å². The molecule has 0 heterocycles. The van der Waals surface area contributed by atoms with Crippen LogP contribution in [-0.4, -0.2) is 12.3 Å². The standard InChI is InChI=1S/C22H28F4O3/c1-14-2-4-15(5-3-14)12-16-6-8-17(9-7-16)21(27)28-18-10-11-20(19(23)13-18)29-22(24,25)26/h10-11,13-17H,2-9,12H2,1H3. The largest absolute Gasteiger partial charge is 0.573 e. The van der Waals surface area contributed by atoms with E-state index >= 15 is 0 Å². The molecular formula is C22H28F4O3. The van der Waals surface area contributed by atoms with Crippen LogP contribution in [0.4, 0.5) is 17.6 Å². The molecule has 7 heteroatoms. The van der Waals surface area contributed by atoms with Gasteiger partial charge >= 0.3 is 12.3 Å². The summed E-state index contributed by atoms with van der Waals surface area (Å²) in [5.41, 5.74) is 0. The minimum atomic E-state index is -4.98. The quantitative estimate of drug-likeness (QED) is 0.306. The molecule has 29 heavy (non-hydrogen) atoms. The molecule has 0 atom stereocenters. The molecule has 0 N–H and O–H groups in total. The van der Waals surface area contributed by atoms with Gasteiger partial charge in [0, 0.05) is 6.07 Å². The van der Waals surface area contributed by atoms with E-state index in [0.29, 0.717) is 5.92 Å². The minimum absolute atomic E-state index is 0.111. The number of alkyl halides is 3. The van der Waals surface area contributed by atoms with Crippen LogP contribution in [-0.2, 0) is 4.79 Å². The van der Waals surface area contributed by atoms with Gasteiger partial charge in [0.2, 0.25) is 0 Å². The Morgan fingerprint density at radius 2 is 1.59 bits per heavy atom. The van der Waals surface area contributed by atoms with Gasteiger partial charge in [-0.1, -0.05) is 32.6 Å². The van der Waals surface area contributed by atoms with Crippen LogP contribution in [0, 0.1) is 29.5 Å². The molecular weight excluding hydrogens is 388 g/mol. The molecule has 0 aliphatic heterocycles. The number of halogens is 4. The van der Waals surface area contributed by atoms with Gasteiger partial charge in [-0.25, -0.2) is 4.39 Å². The summed E-state index contributed by atoms with van der Waals surface area (Å²) >= 11 is 0. The lowest BCUT2D eigenvalue weighted by Crippen LogP contribution is -2.27. The van der Waals surface area contributed by atoms with Crippen LogP contribution in [0.25, 0.3) is 0 Å². The van der Waals surface area contributed by atoms with Crippen LogP contribution >= 0.6 is 0 Å². The molecule has 2 saturated carbocycles. The highest BCUT2D eigenvalue weighted by atomic mass is 19.4. The molecule has 0 spiro atoms. The van der Waals surface area contributed by atoms with Crippen molar-refractivity contribution >= 4 is 5.97 Å². The number of ether oxygens (including phenoxy) is 2. The third-order valence-electron chi connectivity index (χ3n) is 6.33. The summed E-state index contributed by atoms with van der Waals surface area (Å²) < 4.78 is 59.1.